The highest BCUT2D eigenvalue weighted by Crippen LogP contribution is 2.66. The van der Waals surface area contributed by atoms with Gasteiger partial charge in [0.05, 0.1) is 24.2 Å². The number of amides is 1. The van der Waals surface area contributed by atoms with E-state index in [9.17, 15) is 65.8 Å². The molecule has 30 heteroatoms. The average molecular weight is 1060 g/mol. The van der Waals surface area contributed by atoms with E-state index in [-0.39, 0.29) is 29.3 Å². The van der Waals surface area contributed by atoms with Gasteiger partial charge in [-0.05, 0) is 55.7 Å². The van der Waals surface area contributed by atoms with Crippen molar-refractivity contribution in [3.8, 4) is 0 Å². The fraction of sp³-hybridized carbons (Fsp3) is 0.425. The predicted molar refractivity (Wildman–Crippen MR) is 245 cm³/mol. The maximum absolute atomic E-state index is 12.7. The Hall–Kier alpha value is -4.79. The first-order chi connectivity index (χ1) is 32.6. The van der Waals surface area contributed by atoms with E-state index in [0.29, 0.717) is 48.0 Å². The van der Waals surface area contributed by atoms with E-state index >= 15 is 0 Å². The molecule has 26 nitrogen and oxygen atoms in total. The molecule has 2 aliphatic rings. The summed E-state index contributed by atoms with van der Waals surface area (Å²) in [6.45, 7) is 5.69. The van der Waals surface area contributed by atoms with Crippen LogP contribution >= 0.6 is 23.5 Å². The Morgan fingerprint density at radius 3 is 2.36 bits per heavy atom. The fourth-order valence-electron chi connectivity index (χ4n) is 7.57. The number of fused-ring (bicyclic) bond motifs is 1. The highest BCUT2D eigenvalue weighted by molar-refractivity contribution is 7.85. The molecular weight excluding hydrogens is 1010 g/mol. The molecule has 384 valence electrons. The molecule has 4 heterocycles. The van der Waals surface area contributed by atoms with Gasteiger partial charge >= 0.3 is 35.1 Å². The number of aromatic nitrogens is 3. The van der Waals surface area contributed by atoms with Gasteiger partial charge in [0, 0.05) is 54.6 Å². The number of nitrogens with one attached hydrogen (secondary N) is 2. The number of H-pyrrole nitrogens is 1. The number of allylic oxidation sites excluding steroid dienone is 3. The van der Waals surface area contributed by atoms with Crippen molar-refractivity contribution >= 4 is 63.3 Å². The molecule has 1 saturated heterocycles. The Balaban J connectivity index is 1.16. The first-order valence-electron chi connectivity index (χ1n) is 21.1. The SMILES string of the molecule is CC[n+]1cc(C(=O)OC)ccc1/C=C/C=C1/N(CCCCCC(=O)NCC=Cc2cn(C3OC(COP(=O)(O)OP(=O)(O)OP(=O)(O)O)C(O)C3O)c(=O)[nH]c2=O)c2ccc(S(=O)(=O)O)cc2C1(C)C. The molecule has 70 heavy (non-hydrogen) atoms. The third kappa shape index (κ3) is 14.4. The van der Waals surface area contributed by atoms with Crippen LogP contribution in [0.25, 0.3) is 12.2 Å². The molecule has 5 rings (SSSR count). The third-order valence-corrected chi connectivity index (χ3v) is 15.6. The van der Waals surface area contributed by atoms with Gasteiger partial charge in [-0.2, -0.15) is 21.6 Å². The number of aryl methyl sites for hydroxylation is 1. The summed E-state index contributed by atoms with van der Waals surface area (Å²) < 4.78 is 93.0. The van der Waals surface area contributed by atoms with Crippen molar-refractivity contribution in [2.45, 2.75) is 87.8 Å². The first kappa shape index (κ1) is 56.1. The lowest BCUT2D eigenvalue weighted by Crippen LogP contribution is -2.38. The maximum Gasteiger partial charge on any atom is 0.490 e. The molecule has 0 bridgehead atoms. The van der Waals surface area contributed by atoms with Crippen LogP contribution in [-0.2, 0) is 63.2 Å². The number of rotatable bonds is 22. The zero-order valence-corrected chi connectivity index (χ0v) is 41.3. The predicted octanol–water partition coefficient (Wildman–Crippen LogP) is 1.92. The number of nitrogens with zero attached hydrogens (tertiary/aromatic N) is 3. The monoisotopic (exact) mass is 1060 g/mol. The van der Waals surface area contributed by atoms with Crippen molar-refractivity contribution in [2.24, 2.45) is 0 Å². The zero-order valence-electron chi connectivity index (χ0n) is 37.8. The summed E-state index contributed by atoms with van der Waals surface area (Å²) in [4.78, 5) is 90.3. The molecule has 1 fully saturated rings. The number of pyridine rings is 1. The van der Waals surface area contributed by atoms with Crippen molar-refractivity contribution in [3.63, 3.8) is 0 Å². The van der Waals surface area contributed by atoms with E-state index in [0.717, 1.165) is 23.3 Å². The molecule has 6 unspecified atom stereocenters. The molecule has 1 amide bonds. The summed E-state index contributed by atoms with van der Waals surface area (Å²) in [5, 5.41) is 23.8. The van der Waals surface area contributed by atoms with Crippen LogP contribution in [0.2, 0.25) is 0 Å². The van der Waals surface area contributed by atoms with E-state index in [1.54, 1.807) is 24.4 Å². The highest BCUT2D eigenvalue weighted by atomic mass is 32.2. The number of benzene rings is 1. The van der Waals surface area contributed by atoms with Crippen LogP contribution in [-0.4, -0.2) is 109 Å². The summed E-state index contributed by atoms with van der Waals surface area (Å²) in [7, 11) is -20.3. The molecule has 2 aromatic heterocycles. The first-order valence-corrected chi connectivity index (χ1v) is 27.0. The number of methoxy groups -OCH3 is 1. The van der Waals surface area contributed by atoms with Gasteiger partial charge in [0.25, 0.3) is 15.7 Å². The van der Waals surface area contributed by atoms with E-state index < -0.39 is 87.4 Å². The molecule has 0 aliphatic carbocycles. The minimum Gasteiger partial charge on any atom is -0.465 e. The van der Waals surface area contributed by atoms with E-state index in [1.807, 2.05) is 48.6 Å². The van der Waals surface area contributed by atoms with Crippen molar-refractivity contribution in [1.82, 2.24) is 14.9 Å². The number of carbonyl (C=O) groups excluding carboxylic acids is 2. The van der Waals surface area contributed by atoms with Crippen LogP contribution in [0.15, 0.2) is 81.1 Å². The largest absolute Gasteiger partial charge is 0.490 e. The number of anilines is 1. The number of ether oxygens (including phenoxy) is 2. The number of hydrogen-bond donors (Lipinski definition) is 9. The van der Waals surface area contributed by atoms with Gasteiger partial charge in [-0.3, -0.25) is 28.2 Å². The van der Waals surface area contributed by atoms with Crippen LogP contribution < -0.4 is 26.0 Å². The molecule has 9 N–H and O–H groups in total. The van der Waals surface area contributed by atoms with E-state index in [2.05, 4.69) is 23.4 Å². The Kier molecular flexibility index (Phi) is 18.2. The second-order valence-corrected chi connectivity index (χ2v) is 22.0. The molecule has 3 aromatic rings. The molecule has 6 atom stereocenters. The van der Waals surface area contributed by atoms with Crippen molar-refractivity contribution in [1.29, 1.82) is 0 Å². The van der Waals surface area contributed by atoms with Crippen LogP contribution in [0.4, 0.5) is 5.69 Å². The maximum atomic E-state index is 12.7. The molecule has 1 aromatic carbocycles. The van der Waals surface area contributed by atoms with Crippen molar-refractivity contribution < 1.29 is 93.2 Å². The summed E-state index contributed by atoms with van der Waals surface area (Å²) in [5.41, 5.74) is 0.641. The smallest absolute Gasteiger partial charge is 0.465 e. The second-order valence-electron chi connectivity index (χ2n) is 16.2. The zero-order chi connectivity index (χ0) is 52.0. The lowest BCUT2D eigenvalue weighted by Gasteiger charge is -2.27. The minimum absolute atomic E-state index is 0.0537. The summed E-state index contributed by atoms with van der Waals surface area (Å²) >= 11 is 0. The number of phosphoric ester groups is 1. The van der Waals surface area contributed by atoms with Crippen LogP contribution in [0, 0.1) is 0 Å². The van der Waals surface area contributed by atoms with Gasteiger partial charge < -0.3 is 49.5 Å². The van der Waals surface area contributed by atoms with Gasteiger partial charge in [-0.15, -0.1) is 0 Å². The lowest BCUT2D eigenvalue weighted by molar-refractivity contribution is -0.695. The molecule has 0 radical (unpaired) electrons. The Bertz CT molecular complexity index is 2930. The minimum atomic E-state index is -5.85. The van der Waals surface area contributed by atoms with Gasteiger partial charge in [0.1, 0.15) is 30.4 Å². The van der Waals surface area contributed by atoms with E-state index in [1.165, 1.54) is 31.4 Å². The fourth-order valence-corrected chi connectivity index (χ4v) is 11.1. The van der Waals surface area contributed by atoms with Gasteiger partial charge in [-0.1, -0.05) is 38.5 Å². The topological polar surface area (TPSA) is 381 Å². The van der Waals surface area contributed by atoms with Gasteiger partial charge in [0.2, 0.25) is 11.6 Å². The average Bonchev–Trinajstić information content (AvgIpc) is 3.66. The third-order valence-electron chi connectivity index (χ3n) is 10.9. The molecule has 2 aliphatic heterocycles. The number of hydrogen-bond acceptors (Lipinski definition) is 17. The standard InChI is InChI=1S/C40H52N5O21P3S/c1-5-43-22-26(38(50)62-4)15-16-27(43)12-9-13-32-40(2,3)29-21-28(70(59,60)61)17-18-30(29)44(32)20-8-6-7-14-33(46)41-19-10-11-25-23-45(39(51)42-36(25)49)37-35(48)34(47)31(64-37)24-63-68(55,56)66-69(57,58)65-67(52,53)54/h9-13,15-18,21-23,31,34-35,37,47-48H,5-8,14,19-20,24H2,1-4H3,(H6-,41,42,46,49,51,52,53,54,55,56,57,58,59,60,61)/p+1. The van der Waals surface area contributed by atoms with Gasteiger partial charge in [0.15, 0.2) is 12.4 Å². The number of aromatic amines is 1. The second kappa shape index (κ2) is 22.7. The number of esters is 1. The van der Waals surface area contributed by atoms with Crippen LogP contribution in [0.5, 0.6) is 0 Å². The van der Waals surface area contributed by atoms with Crippen LogP contribution in [0.3, 0.4) is 0 Å². The normalized spacial score (nSPS) is 21.5. The molecular formula is C40H53N5O21P3S+. The Morgan fingerprint density at radius 2 is 1.70 bits per heavy atom. The molecule has 0 saturated carbocycles. The number of unbranched alkanes of at least 4 members (excludes halogenated alkanes) is 2. The lowest BCUT2D eigenvalue weighted by atomic mass is 9.83. The number of carbonyl (C=O) groups is 2. The summed E-state index contributed by atoms with van der Waals surface area (Å²) in [5.74, 6) is -0.781. The Labute approximate surface area is 399 Å². The van der Waals surface area contributed by atoms with Gasteiger partial charge in [-0.25, -0.2) is 23.3 Å². The Morgan fingerprint density at radius 1 is 0.986 bits per heavy atom. The summed E-state index contributed by atoms with van der Waals surface area (Å²) in [6, 6.07) is 7.90. The quantitative estimate of drug-likeness (QED) is 0.0228. The summed E-state index contributed by atoms with van der Waals surface area (Å²) in [6.07, 6.45) is 5.53. The van der Waals surface area contributed by atoms with Crippen LogP contribution in [0.1, 0.15) is 79.9 Å². The number of aliphatic hydroxyl groups is 2. The van der Waals surface area contributed by atoms with E-state index in [4.69, 9.17) is 19.3 Å². The number of phosphoric acid groups is 3. The molecule has 0 spiro atoms. The highest BCUT2D eigenvalue weighted by Gasteiger charge is 2.47. The van der Waals surface area contributed by atoms with Crippen molar-refractivity contribution in [2.75, 3.05) is 31.7 Å². The number of aliphatic hydroxyl groups excluding tert-OH is 2. The van der Waals surface area contributed by atoms with Crippen molar-refractivity contribution in [3.05, 3.63) is 110 Å².